The fraction of sp³-hybridized carbons (Fsp3) is 0.625. The van der Waals surface area contributed by atoms with Crippen molar-refractivity contribution in [3.05, 3.63) is 29.8 Å². The molecule has 114 valence electrons. The Hall–Kier alpha value is -1.10. The van der Waals surface area contributed by atoms with Gasteiger partial charge in [0.1, 0.15) is 12.4 Å². The van der Waals surface area contributed by atoms with Gasteiger partial charge in [0.25, 0.3) is 0 Å². The van der Waals surface area contributed by atoms with E-state index in [4.69, 9.17) is 9.47 Å². The molecule has 0 unspecified atom stereocenters. The number of benzene rings is 1. The van der Waals surface area contributed by atoms with Crippen LogP contribution in [0.1, 0.15) is 19.4 Å². The summed E-state index contributed by atoms with van der Waals surface area (Å²) in [5.41, 5.74) is 1.20. The lowest BCUT2D eigenvalue weighted by atomic mass is 10.2. The molecule has 0 atom stereocenters. The van der Waals surface area contributed by atoms with Crippen LogP contribution in [-0.4, -0.2) is 51.4 Å². The van der Waals surface area contributed by atoms with Crippen LogP contribution in [0.15, 0.2) is 24.3 Å². The Labute approximate surface area is 123 Å². The van der Waals surface area contributed by atoms with Crippen LogP contribution in [0.5, 0.6) is 5.75 Å². The quantitative estimate of drug-likeness (QED) is 0.712. The third-order valence-electron chi connectivity index (χ3n) is 3.29. The molecular weight excluding hydrogens is 252 g/mol. The van der Waals surface area contributed by atoms with Crippen LogP contribution in [0.2, 0.25) is 0 Å². The van der Waals surface area contributed by atoms with Crippen molar-refractivity contribution < 1.29 is 9.47 Å². The van der Waals surface area contributed by atoms with Gasteiger partial charge in [-0.25, -0.2) is 0 Å². The Morgan fingerprint density at radius 1 is 1.15 bits per heavy atom. The zero-order chi connectivity index (χ0) is 14.8. The molecule has 1 aromatic rings. The van der Waals surface area contributed by atoms with Crippen molar-refractivity contribution in [2.45, 2.75) is 26.4 Å². The molecule has 0 bridgehead atoms. The Morgan fingerprint density at radius 3 is 2.50 bits per heavy atom. The topological polar surface area (TPSA) is 33.7 Å². The van der Waals surface area contributed by atoms with Gasteiger partial charge < -0.3 is 14.8 Å². The molecule has 1 aromatic carbocycles. The van der Waals surface area contributed by atoms with E-state index in [9.17, 15) is 0 Å². The minimum absolute atomic E-state index is 0.501. The Kier molecular flexibility index (Phi) is 8.26. The first-order chi connectivity index (χ1) is 9.69. The van der Waals surface area contributed by atoms with Crippen molar-refractivity contribution in [2.24, 2.45) is 0 Å². The molecule has 4 heteroatoms. The summed E-state index contributed by atoms with van der Waals surface area (Å²) in [5.74, 6) is 0.970. The average molecular weight is 280 g/mol. The molecule has 1 rings (SSSR count). The lowest BCUT2D eigenvalue weighted by Crippen LogP contribution is -2.37. The maximum atomic E-state index is 5.93. The molecule has 0 fully saturated rings. The van der Waals surface area contributed by atoms with E-state index >= 15 is 0 Å². The standard InChI is InChI=1S/C16H28N2O2/c1-14(2)18(9-11-19-4)10-12-20-16-8-6-5-7-15(16)13-17-3/h5-8,14,17H,9-13H2,1-4H3. The van der Waals surface area contributed by atoms with Crippen molar-refractivity contribution in [3.8, 4) is 5.75 Å². The number of hydrogen-bond acceptors (Lipinski definition) is 4. The summed E-state index contributed by atoms with van der Waals surface area (Å²) in [4.78, 5) is 2.37. The summed E-state index contributed by atoms with van der Waals surface area (Å²) in [7, 11) is 3.69. The molecule has 0 radical (unpaired) electrons. The first-order valence-corrected chi connectivity index (χ1v) is 7.27. The number of methoxy groups -OCH3 is 1. The smallest absolute Gasteiger partial charge is 0.123 e. The molecule has 0 saturated carbocycles. The summed E-state index contributed by atoms with van der Waals surface area (Å²) >= 11 is 0. The highest BCUT2D eigenvalue weighted by Crippen LogP contribution is 2.17. The molecule has 0 spiro atoms. The number of nitrogens with zero attached hydrogens (tertiary/aromatic N) is 1. The van der Waals surface area contributed by atoms with Crippen molar-refractivity contribution >= 4 is 0 Å². The largest absolute Gasteiger partial charge is 0.492 e. The SMILES string of the molecule is CNCc1ccccc1OCCN(CCOC)C(C)C. The first kappa shape index (κ1) is 17.0. The van der Waals surface area contributed by atoms with E-state index < -0.39 is 0 Å². The third-order valence-corrected chi connectivity index (χ3v) is 3.29. The normalized spacial score (nSPS) is 11.3. The minimum atomic E-state index is 0.501. The van der Waals surface area contributed by atoms with Crippen molar-refractivity contribution in [1.29, 1.82) is 0 Å². The maximum absolute atomic E-state index is 5.93. The Morgan fingerprint density at radius 2 is 1.85 bits per heavy atom. The van der Waals surface area contributed by atoms with E-state index in [-0.39, 0.29) is 0 Å². The van der Waals surface area contributed by atoms with E-state index in [1.807, 2.05) is 25.2 Å². The molecule has 4 nitrogen and oxygen atoms in total. The van der Waals surface area contributed by atoms with Gasteiger partial charge in [0.15, 0.2) is 0 Å². The molecule has 0 aromatic heterocycles. The Balaban J connectivity index is 2.45. The monoisotopic (exact) mass is 280 g/mol. The van der Waals surface area contributed by atoms with Gasteiger partial charge in [-0.2, -0.15) is 0 Å². The molecule has 0 heterocycles. The highest BCUT2D eigenvalue weighted by atomic mass is 16.5. The van der Waals surface area contributed by atoms with Crippen LogP contribution in [-0.2, 0) is 11.3 Å². The van der Waals surface area contributed by atoms with Crippen LogP contribution in [0.3, 0.4) is 0 Å². The number of ether oxygens (including phenoxy) is 2. The molecule has 0 saturated heterocycles. The van der Waals surface area contributed by atoms with Gasteiger partial charge in [0.2, 0.25) is 0 Å². The van der Waals surface area contributed by atoms with E-state index in [0.29, 0.717) is 12.6 Å². The first-order valence-electron chi connectivity index (χ1n) is 7.27. The lowest BCUT2D eigenvalue weighted by molar-refractivity contribution is 0.115. The summed E-state index contributed by atoms with van der Waals surface area (Å²) in [6.07, 6.45) is 0. The van der Waals surface area contributed by atoms with Crippen LogP contribution in [0.25, 0.3) is 0 Å². The predicted molar refractivity (Wildman–Crippen MR) is 83.3 cm³/mol. The van der Waals surface area contributed by atoms with Gasteiger partial charge in [0.05, 0.1) is 6.61 Å². The average Bonchev–Trinajstić information content (AvgIpc) is 2.44. The van der Waals surface area contributed by atoms with Crippen molar-refractivity contribution in [2.75, 3.05) is 40.5 Å². The van der Waals surface area contributed by atoms with Crippen molar-refractivity contribution in [3.63, 3.8) is 0 Å². The van der Waals surface area contributed by atoms with Gasteiger partial charge in [-0.15, -0.1) is 0 Å². The van der Waals surface area contributed by atoms with Gasteiger partial charge in [-0.05, 0) is 27.0 Å². The highest BCUT2D eigenvalue weighted by molar-refractivity contribution is 5.33. The molecular formula is C16H28N2O2. The Bertz CT molecular complexity index is 369. The predicted octanol–water partition coefficient (Wildman–Crippen LogP) is 2.14. The summed E-state index contributed by atoms with van der Waals surface area (Å²) in [6, 6.07) is 8.68. The number of para-hydroxylation sites is 1. The molecule has 0 aliphatic heterocycles. The molecule has 0 aliphatic rings. The second-order valence-electron chi connectivity index (χ2n) is 5.11. The molecule has 20 heavy (non-hydrogen) atoms. The second-order valence-corrected chi connectivity index (χ2v) is 5.11. The van der Waals surface area contributed by atoms with Crippen LogP contribution in [0, 0.1) is 0 Å². The third kappa shape index (κ3) is 5.90. The van der Waals surface area contributed by atoms with E-state index in [0.717, 1.165) is 32.0 Å². The number of nitrogens with one attached hydrogen (secondary N) is 1. The number of hydrogen-bond donors (Lipinski definition) is 1. The molecule has 1 N–H and O–H groups in total. The summed E-state index contributed by atoms with van der Waals surface area (Å²) in [6.45, 7) is 8.53. The highest BCUT2D eigenvalue weighted by Gasteiger charge is 2.09. The van der Waals surface area contributed by atoms with E-state index in [1.165, 1.54) is 5.56 Å². The summed E-state index contributed by atoms with van der Waals surface area (Å²) in [5, 5.41) is 3.16. The van der Waals surface area contributed by atoms with Gasteiger partial charge >= 0.3 is 0 Å². The fourth-order valence-corrected chi connectivity index (χ4v) is 2.09. The van der Waals surface area contributed by atoms with Crippen LogP contribution >= 0.6 is 0 Å². The van der Waals surface area contributed by atoms with Gasteiger partial charge in [-0.3, -0.25) is 4.90 Å². The zero-order valence-corrected chi connectivity index (χ0v) is 13.2. The van der Waals surface area contributed by atoms with Gasteiger partial charge in [-0.1, -0.05) is 18.2 Å². The summed E-state index contributed by atoms with van der Waals surface area (Å²) < 4.78 is 11.1. The molecule has 0 aliphatic carbocycles. The number of rotatable bonds is 10. The van der Waals surface area contributed by atoms with Gasteiger partial charge in [0, 0.05) is 38.3 Å². The maximum Gasteiger partial charge on any atom is 0.123 e. The van der Waals surface area contributed by atoms with Crippen LogP contribution < -0.4 is 10.1 Å². The van der Waals surface area contributed by atoms with Crippen molar-refractivity contribution in [1.82, 2.24) is 10.2 Å². The fourth-order valence-electron chi connectivity index (χ4n) is 2.09. The van der Waals surface area contributed by atoms with E-state index in [2.05, 4.69) is 30.1 Å². The van der Waals surface area contributed by atoms with E-state index in [1.54, 1.807) is 7.11 Å². The zero-order valence-electron chi connectivity index (χ0n) is 13.2. The molecule has 0 amide bonds. The lowest BCUT2D eigenvalue weighted by Gasteiger charge is -2.26. The van der Waals surface area contributed by atoms with Crippen LogP contribution in [0.4, 0.5) is 0 Å². The minimum Gasteiger partial charge on any atom is -0.492 e. The second kappa shape index (κ2) is 9.75.